The van der Waals surface area contributed by atoms with Crippen LogP contribution in [0.2, 0.25) is 0 Å². The molecule has 7 heteroatoms. The largest absolute Gasteiger partial charge is 0.361 e. The van der Waals surface area contributed by atoms with Gasteiger partial charge in [0, 0.05) is 63.2 Å². The van der Waals surface area contributed by atoms with E-state index in [1.54, 1.807) is 0 Å². The second-order valence-corrected chi connectivity index (χ2v) is 8.58. The van der Waals surface area contributed by atoms with Crippen LogP contribution in [0.5, 0.6) is 0 Å². The number of rotatable bonds is 6. The molecule has 0 aliphatic carbocycles. The molecule has 1 saturated heterocycles. The molecule has 0 spiro atoms. The van der Waals surface area contributed by atoms with Crippen molar-refractivity contribution >= 4 is 22.7 Å². The number of amides is 2. The summed E-state index contributed by atoms with van der Waals surface area (Å²) in [7, 11) is 0. The van der Waals surface area contributed by atoms with Gasteiger partial charge in [0.2, 0.25) is 11.8 Å². The van der Waals surface area contributed by atoms with Gasteiger partial charge in [0.05, 0.1) is 11.6 Å². The summed E-state index contributed by atoms with van der Waals surface area (Å²) in [6.45, 7) is 5.21. The first kappa shape index (κ1) is 22.6. The van der Waals surface area contributed by atoms with Gasteiger partial charge in [-0.15, -0.1) is 0 Å². The van der Waals surface area contributed by atoms with Crippen LogP contribution in [0, 0.1) is 11.3 Å². The number of benzene rings is 2. The maximum Gasteiger partial charge on any atom is 0.245 e. The van der Waals surface area contributed by atoms with Crippen LogP contribution in [0.3, 0.4) is 0 Å². The molecule has 1 unspecified atom stereocenters. The Hall–Kier alpha value is -3.63. The molecule has 170 valence electrons. The van der Waals surface area contributed by atoms with Crippen molar-refractivity contribution in [1.82, 2.24) is 20.1 Å². The van der Waals surface area contributed by atoms with Crippen molar-refractivity contribution in [2.45, 2.75) is 32.4 Å². The van der Waals surface area contributed by atoms with Crippen LogP contribution in [0.1, 0.15) is 30.0 Å². The SMILES string of the molecule is CC(=O)NC(Cc1c[nH]c2ccccc12)C(=O)N1CCCN(Cc2ccc(C#N)cc2)CC1. The number of carbonyl (C=O) groups excluding carboxylic acids is 2. The maximum absolute atomic E-state index is 13.4. The Balaban J connectivity index is 1.41. The number of nitrogens with zero attached hydrogens (tertiary/aromatic N) is 3. The van der Waals surface area contributed by atoms with E-state index in [4.69, 9.17) is 5.26 Å². The topological polar surface area (TPSA) is 92.2 Å². The lowest BCUT2D eigenvalue weighted by Crippen LogP contribution is -2.50. The summed E-state index contributed by atoms with van der Waals surface area (Å²) in [5.41, 5.74) is 3.86. The molecule has 2 N–H and O–H groups in total. The fraction of sp³-hybridized carbons (Fsp3) is 0.346. The van der Waals surface area contributed by atoms with Crippen LogP contribution < -0.4 is 5.32 Å². The highest BCUT2D eigenvalue weighted by molar-refractivity contribution is 5.89. The zero-order valence-corrected chi connectivity index (χ0v) is 18.9. The summed E-state index contributed by atoms with van der Waals surface area (Å²) in [5, 5.41) is 12.9. The molecular formula is C26H29N5O2. The lowest BCUT2D eigenvalue weighted by molar-refractivity contribution is -0.136. The quantitative estimate of drug-likeness (QED) is 0.613. The highest BCUT2D eigenvalue weighted by Gasteiger charge is 2.28. The Morgan fingerprint density at radius 2 is 1.88 bits per heavy atom. The van der Waals surface area contributed by atoms with Crippen molar-refractivity contribution in [1.29, 1.82) is 5.26 Å². The highest BCUT2D eigenvalue weighted by Crippen LogP contribution is 2.20. The molecule has 1 aliphatic rings. The minimum Gasteiger partial charge on any atom is -0.361 e. The third-order valence-corrected chi connectivity index (χ3v) is 6.16. The van der Waals surface area contributed by atoms with Crippen LogP contribution in [-0.2, 0) is 22.6 Å². The number of hydrogen-bond donors (Lipinski definition) is 2. The first-order chi connectivity index (χ1) is 16.0. The Morgan fingerprint density at radius 1 is 1.09 bits per heavy atom. The standard InChI is InChI=1S/C26H29N5O2/c1-19(32)29-25(15-22-17-28-24-6-3-2-5-23(22)24)26(33)31-12-4-11-30(13-14-31)18-21-9-7-20(16-27)8-10-21/h2-3,5-10,17,25,28H,4,11-15,18H2,1H3,(H,29,32). The van der Waals surface area contributed by atoms with E-state index in [1.807, 2.05) is 59.6 Å². The summed E-state index contributed by atoms with van der Waals surface area (Å²) in [5.74, 6) is -0.235. The van der Waals surface area contributed by atoms with Gasteiger partial charge in [-0.05, 0) is 35.7 Å². The van der Waals surface area contributed by atoms with E-state index < -0.39 is 6.04 Å². The third kappa shape index (κ3) is 5.60. The molecule has 33 heavy (non-hydrogen) atoms. The lowest BCUT2D eigenvalue weighted by Gasteiger charge is -2.27. The Bertz CT molecular complexity index is 1160. The normalized spacial score (nSPS) is 15.6. The number of H-pyrrole nitrogens is 1. The van der Waals surface area contributed by atoms with E-state index in [0.29, 0.717) is 25.1 Å². The van der Waals surface area contributed by atoms with Gasteiger partial charge in [-0.1, -0.05) is 30.3 Å². The number of nitriles is 1. The number of fused-ring (bicyclic) bond motifs is 1. The lowest BCUT2D eigenvalue weighted by atomic mass is 10.0. The molecule has 1 atom stereocenters. The van der Waals surface area contributed by atoms with Crippen LogP contribution in [0.15, 0.2) is 54.7 Å². The molecule has 0 radical (unpaired) electrons. The molecule has 1 aromatic heterocycles. The maximum atomic E-state index is 13.4. The second kappa shape index (κ2) is 10.3. The van der Waals surface area contributed by atoms with Crippen molar-refractivity contribution in [3.8, 4) is 6.07 Å². The number of carbonyl (C=O) groups is 2. The summed E-state index contributed by atoms with van der Waals surface area (Å²) in [4.78, 5) is 32.8. The van der Waals surface area contributed by atoms with Crippen molar-refractivity contribution < 1.29 is 9.59 Å². The molecule has 0 bridgehead atoms. The molecule has 1 fully saturated rings. The Morgan fingerprint density at radius 3 is 2.64 bits per heavy atom. The van der Waals surface area contributed by atoms with E-state index in [1.165, 1.54) is 6.92 Å². The molecule has 2 heterocycles. The predicted octanol–water partition coefficient (Wildman–Crippen LogP) is 2.82. The van der Waals surface area contributed by atoms with E-state index in [0.717, 1.165) is 48.1 Å². The van der Waals surface area contributed by atoms with Crippen molar-refractivity contribution in [2.24, 2.45) is 0 Å². The van der Waals surface area contributed by atoms with E-state index in [-0.39, 0.29) is 11.8 Å². The van der Waals surface area contributed by atoms with Crippen molar-refractivity contribution in [3.05, 3.63) is 71.4 Å². The molecule has 7 nitrogen and oxygen atoms in total. The summed E-state index contributed by atoms with van der Waals surface area (Å²) >= 11 is 0. The van der Waals surface area contributed by atoms with E-state index in [2.05, 4.69) is 21.3 Å². The number of aromatic nitrogens is 1. The van der Waals surface area contributed by atoms with Gasteiger partial charge in [0.1, 0.15) is 6.04 Å². The summed E-state index contributed by atoms with van der Waals surface area (Å²) < 4.78 is 0. The monoisotopic (exact) mass is 443 g/mol. The Labute approximate surface area is 194 Å². The number of aromatic amines is 1. The van der Waals surface area contributed by atoms with Gasteiger partial charge in [-0.2, -0.15) is 5.26 Å². The van der Waals surface area contributed by atoms with Gasteiger partial charge in [-0.3, -0.25) is 14.5 Å². The minimum absolute atomic E-state index is 0.0318. The van der Waals surface area contributed by atoms with Crippen LogP contribution in [0.4, 0.5) is 0 Å². The second-order valence-electron chi connectivity index (χ2n) is 8.58. The molecule has 2 aromatic carbocycles. The number of para-hydroxylation sites is 1. The van der Waals surface area contributed by atoms with Crippen LogP contribution in [-0.4, -0.2) is 58.8 Å². The highest BCUT2D eigenvalue weighted by atomic mass is 16.2. The first-order valence-electron chi connectivity index (χ1n) is 11.4. The molecule has 1 aliphatic heterocycles. The first-order valence-corrected chi connectivity index (χ1v) is 11.4. The molecule has 3 aromatic rings. The Kier molecular flexibility index (Phi) is 7.06. The predicted molar refractivity (Wildman–Crippen MR) is 127 cm³/mol. The van der Waals surface area contributed by atoms with Gasteiger partial charge in [-0.25, -0.2) is 0 Å². The fourth-order valence-electron chi connectivity index (χ4n) is 4.48. The molecule has 0 saturated carbocycles. The summed E-state index contributed by atoms with van der Waals surface area (Å²) in [6, 6.07) is 17.2. The van der Waals surface area contributed by atoms with Gasteiger partial charge in [0.15, 0.2) is 0 Å². The number of hydrogen-bond acceptors (Lipinski definition) is 4. The fourth-order valence-corrected chi connectivity index (χ4v) is 4.48. The smallest absolute Gasteiger partial charge is 0.245 e. The average Bonchev–Trinajstić information content (AvgIpc) is 3.08. The minimum atomic E-state index is -0.591. The van der Waals surface area contributed by atoms with E-state index >= 15 is 0 Å². The molecule has 4 rings (SSSR count). The summed E-state index contributed by atoms with van der Waals surface area (Å²) in [6.07, 6.45) is 3.25. The van der Waals surface area contributed by atoms with Gasteiger partial charge in [0.25, 0.3) is 0 Å². The number of nitrogens with one attached hydrogen (secondary N) is 2. The van der Waals surface area contributed by atoms with Crippen molar-refractivity contribution in [3.63, 3.8) is 0 Å². The zero-order valence-electron chi connectivity index (χ0n) is 18.9. The average molecular weight is 444 g/mol. The van der Waals surface area contributed by atoms with Crippen molar-refractivity contribution in [2.75, 3.05) is 26.2 Å². The van der Waals surface area contributed by atoms with Gasteiger partial charge < -0.3 is 15.2 Å². The van der Waals surface area contributed by atoms with Crippen LogP contribution >= 0.6 is 0 Å². The van der Waals surface area contributed by atoms with Crippen LogP contribution in [0.25, 0.3) is 10.9 Å². The zero-order chi connectivity index (χ0) is 23.2. The van der Waals surface area contributed by atoms with Gasteiger partial charge >= 0.3 is 0 Å². The molecule has 2 amide bonds. The third-order valence-electron chi connectivity index (χ3n) is 6.16. The molecular weight excluding hydrogens is 414 g/mol. The van der Waals surface area contributed by atoms with E-state index in [9.17, 15) is 9.59 Å².